The van der Waals surface area contributed by atoms with Gasteiger partial charge in [0.2, 0.25) is 0 Å². The molecule has 0 bridgehead atoms. The first-order chi connectivity index (χ1) is 13.3. The Labute approximate surface area is 160 Å². The maximum Gasteiger partial charge on any atom is 0.331 e. The van der Waals surface area contributed by atoms with Crippen LogP contribution < -0.4 is 0 Å². The van der Waals surface area contributed by atoms with Gasteiger partial charge in [-0.3, -0.25) is 4.79 Å². The van der Waals surface area contributed by atoms with Crippen molar-refractivity contribution in [3.8, 4) is 23.0 Å². The van der Waals surface area contributed by atoms with Crippen LogP contribution in [0.3, 0.4) is 0 Å². The SMILES string of the molecule is CCOC(=O)CC(OC(=O)C=Cc1ccc(O)c(O)c1)c1ccc(O)c(O)c1. The molecule has 0 aliphatic heterocycles. The van der Waals surface area contributed by atoms with Gasteiger partial charge in [0.15, 0.2) is 23.0 Å². The van der Waals surface area contributed by atoms with Crippen molar-refractivity contribution in [2.45, 2.75) is 19.4 Å². The van der Waals surface area contributed by atoms with Crippen molar-refractivity contribution in [1.29, 1.82) is 0 Å². The predicted octanol–water partition coefficient (Wildman–Crippen LogP) is 2.76. The minimum absolute atomic E-state index is 0.157. The molecule has 8 heteroatoms. The van der Waals surface area contributed by atoms with E-state index in [9.17, 15) is 30.0 Å². The van der Waals surface area contributed by atoms with E-state index < -0.39 is 23.8 Å². The second-order valence-electron chi connectivity index (χ2n) is 5.76. The van der Waals surface area contributed by atoms with Crippen molar-refractivity contribution >= 4 is 18.0 Å². The molecule has 0 saturated heterocycles. The van der Waals surface area contributed by atoms with Crippen LogP contribution in [0.15, 0.2) is 42.5 Å². The molecule has 0 amide bonds. The normalized spacial score (nSPS) is 11.9. The van der Waals surface area contributed by atoms with E-state index in [-0.39, 0.29) is 30.3 Å². The van der Waals surface area contributed by atoms with Crippen molar-refractivity contribution in [2.24, 2.45) is 0 Å². The summed E-state index contributed by atoms with van der Waals surface area (Å²) < 4.78 is 10.2. The second kappa shape index (κ2) is 9.31. The Bertz CT molecular complexity index is 888. The number of aromatic hydroxyl groups is 4. The molecule has 0 radical (unpaired) electrons. The summed E-state index contributed by atoms with van der Waals surface area (Å²) in [5, 5.41) is 37.8. The van der Waals surface area contributed by atoms with E-state index in [1.807, 2.05) is 0 Å². The second-order valence-corrected chi connectivity index (χ2v) is 5.76. The Morgan fingerprint density at radius 3 is 2.21 bits per heavy atom. The van der Waals surface area contributed by atoms with Crippen molar-refractivity contribution in [1.82, 2.24) is 0 Å². The predicted molar refractivity (Wildman–Crippen MR) is 98.7 cm³/mol. The molecule has 0 aromatic heterocycles. The summed E-state index contributed by atoms with van der Waals surface area (Å²) in [7, 11) is 0. The zero-order chi connectivity index (χ0) is 20.7. The van der Waals surface area contributed by atoms with Gasteiger partial charge >= 0.3 is 11.9 Å². The molecule has 4 N–H and O–H groups in total. The zero-order valence-electron chi connectivity index (χ0n) is 15.0. The van der Waals surface area contributed by atoms with Crippen LogP contribution in [0.2, 0.25) is 0 Å². The molecule has 1 unspecified atom stereocenters. The van der Waals surface area contributed by atoms with Crippen LogP contribution in [0.4, 0.5) is 0 Å². The summed E-state index contributed by atoms with van der Waals surface area (Å²) >= 11 is 0. The Morgan fingerprint density at radius 2 is 1.61 bits per heavy atom. The average Bonchev–Trinajstić information content (AvgIpc) is 2.64. The molecule has 2 aromatic carbocycles. The molecule has 2 rings (SSSR count). The Hall–Kier alpha value is -3.68. The third kappa shape index (κ3) is 5.66. The molecule has 0 spiro atoms. The lowest BCUT2D eigenvalue weighted by molar-refractivity contribution is -0.151. The molecule has 0 fully saturated rings. The summed E-state index contributed by atoms with van der Waals surface area (Å²) in [6.45, 7) is 1.80. The minimum atomic E-state index is -1.05. The number of rotatable bonds is 7. The van der Waals surface area contributed by atoms with Crippen LogP contribution in [0.5, 0.6) is 23.0 Å². The van der Waals surface area contributed by atoms with E-state index in [4.69, 9.17) is 9.47 Å². The first-order valence-corrected chi connectivity index (χ1v) is 8.38. The number of benzene rings is 2. The third-order valence-electron chi connectivity index (χ3n) is 3.70. The van der Waals surface area contributed by atoms with E-state index in [0.717, 1.165) is 6.08 Å². The third-order valence-corrected chi connectivity index (χ3v) is 3.70. The van der Waals surface area contributed by atoms with E-state index in [1.54, 1.807) is 6.92 Å². The standard InChI is InChI=1S/C20H20O8/c1-2-27-20(26)11-18(13-5-7-15(22)17(24)10-13)28-19(25)8-4-12-3-6-14(21)16(23)9-12/h3-10,18,21-24H,2,11H2,1H3. The Kier molecular flexibility index (Phi) is 6.86. The highest BCUT2D eigenvalue weighted by atomic mass is 16.6. The van der Waals surface area contributed by atoms with Gasteiger partial charge < -0.3 is 29.9 Å². The smallest absolute Gasteiger partial charge is 0.331 e. The van der Waals surface area contributed by atoms with Gasteiger partial charge in [-0.15, -0.1) is 0 Å². The summed E-state index contributed by atoms with van der Waals surface area (Å²) in [6, 6.07) is 7.82. The molecule has 28 heavy (non-hydrogen) atoms. The Morgan fingerprint density at radius 1 is 0.964 bits per heavy atom. The van der Waals surface area contributed by atoms with E-state index >= 15 is 0 Å². The molecule has 0 heterocycles. The van der Waals surface area contributed by atoms with Crippen LogP contribution in [0.25, 0.3) is 6.08 Å². The van der Waals surface area contributed by atoms with Gasteiger partial charge in [-0.25, -0.2) is 4.79 Å². The molecule has 1 atom stereocenters. The first kappa shape index (κ1) is 20.6. The van der Waals surface area contributed by atoms with Crippen LogP contribution >= 0.6 is 0 Å². The molecule has 148 valence electrons. The number of hydrogen-bond acceptors (Lipinski definition) is 8. The number of hydrogen-bond donors (Lipinski definition) is 4. The largest absolute Gasteiger partial charge is 0.504 e. The number of carbonyl (C=O) groups excluding carboxylic acids is 2. The van der Waals surface area contributed by atoms with Gasteiger partial charge in [-0.2, -0.15) is 0 Å². The summed E-state index contributed by atoms with van der Waals surface area (Å²) in [5.41, 5.74) is 0.740. The molecule has 2 aromatic rings. The van der Waals surface area contributed by atoms with E-state index in [2.05, 4.69) is 0 Å². The van der Waals surface area contributed by atoms with Crippen LogP contribution in [-0.4, -0.2) is 39.0 Å². The Balaban J connectivity index is 2.16. The number of phenols is 4. The number of ether oxygens (including phenoxy) is 2. The van der Waals surface area contributed by atoms with Gasteiger partial charge in [0.05, 0.1) is 13.0 Å². The fourth-order valence-corrected chi connectivity index (χ4v) is 2.33. The van der Waals surface area contributed by atoms with Gasteiger partial charge in [-0.05, 0) is 48.4 Å². The lowest BCUT2D eigenvalue weighted by Gasteiger charge is -2.17. The molecule has 8 nitrogen and oxygen atoms in total. The number of phenolic OH excluding ortho intramolecular Hbond substituents is 4. The highest BCUT2D eigenvalue weighted by molar-refractivity contribution is 5.87. The number of carbonyl (C=O) groups is 2. The van der Waals surface area contributed by atoms with Gasteiger partial charge in [0.25, 0.3) is 0 Å². The molecule has 0 aliphatic carbocycles. The maximum absolute atomic E-state index is 12.2. The van der Waals surface area contributed by atoms with Gasteiger partial charge in [0.1, 0.15) is 6.10 Å². The lowest BCUT2D eigenvalue weighted by Crippen LogP contribution is -2.15. The van der Waals surface area contributed by atoms with Crippen LogP contribution in [-0.2, 0) is 19.1 Å². The van der Waals surface area contributed by atoms with Crippen molar-refractivity contribution in [3.63, 3.8) is 0 Å². The fourth-order valence-electron chi connectivity index (χ4n) is 2.33. The lowest BCUT2D eigenvalue weighted by atomic mass is 10.1. The maximum atomic E-state index is 12.2. The summed E-state index contributed by atoms with van der Waals surface area (Å²) in [4.78, 5) is 24.0. The van der Waals surface area contributed by atoms with E-state index in [1.165, 1.54) is 42.5 Å². The highest BCUT2D eigenvalue weighted by Gasteiger charge is 2.21. The molecule has 0 saturated carbocycles. The van der Waals surface area contributed by atoms with Gasteiger partial charge in [-0.1, -0.05) is 12.1 Å². The highest BCUT2D eigenvalue weighted by Crippen LogP contribution is 2.31. The topological polar surface area (TPSA) is 134 Å². The molecular formula is C20H20O8. The molecule has 0 aliphatic rings. The number of esters is 2. The monoisotopic (exact) mass is 388 g/mol. The zero-order valence-corrected chi connectivity index (χ0v) is 15.0. The van der Waals surface area contributed by atoms with E-state index in [0.29, 0.717) is 11.1 Å². The average molecular weight is 388 g/mol. The summed E-state index contributed by atoms with van der Waals surface area (Å²) in [6.07, 6.45) is 1.12. The van der Waals surface area contributed by atoms with Crippen molar-refractivity contribution in [2.75, 3.05) is 6.61 Å². The minimum Gasteiger partial charge on any atom is -0.504 e. The van der Waals surface area contributed by atoms with Crippen molar-refractivity contribution < 1.29 is 39.5 Å². The summed E-state index contributed by atoms with van der Waals surface area (Å²) in [5.74, 6) is -2.78. The molecular weight excluding hydrogens is 368 g/mol. The fraction of sp³-hybridized carbons (Fsp3) is 0.200. The van der Waals surface area contributed by atoms with Crippen molar-refractivity contribution in [3.05, 3.63) is 53.6 Å². The first-order valence-electron chi connectivity index (χ1n) is 8.38. The van der Waals surface area contributed by atoms with Crippen LogP contribution in [0, 0.1) is 0 Å². The quantitative estimate of drug-likeness (QED) is 0.323. The van der Waals surface area contributed by atoms with Gasteiger partial charge in [0, 0.05) is 6.08 Å². The van der Waals surface area contributed by atoms with Crippen LogP contribution in [0.1, 0.15) is 30.6 Å².